The third kappa shape index (κ3) is 10.3. The van der Waals surface area contributed by atoms with Crippen molar-refractivity contribution < 1.29 is 14.7 Å². The van der Waals surface area contributed by atoms with Crippen LogP contribution in [0.4, 0.5) is 0 Å². The number of allylic oxidation sites excluding steroid dienone is 5. The van der Waals surface area contributed by atoms with Crippen LogP contribution in [0, 0.1) is 0 Å². The van der Waals surface area contributed by atoms with Crippen molar-refractivity contribution in [1.82, 2.24) is 0 Å². The molecule has 0 saturated carbocycles. The van der Waals surface area contributed by atoms with E-state index in [1.165, 1.54) is 11.1 Å². The Hall–Kier alpha value is -1.64. The molecular weight excluding hydrogens is 252 g/mol. The normalized spacial score (nSPS) is 12.3. The van der Waals surface area contributed by atoms with Gasteiger partial charge in [0.05, 0.1) is 0 Å². The minimum atomic E-state index is -0.757. The molecule has 3 nitrogen and oxygen atoms in total. The van der Waals surface area contributed by atoms with Crippen molar-refractivity contribution in [3.8, 4) is 0 Å². The van der Waals surface area contributed by atoms with Crippen LogP contribution >= 0.6 is 0 Å². The van der Waals surface area contributed by atoms with E-state index in [0.29, 0.717) is 18.4 Å². The van der Waals surface area contributed by atoms with Crippen LogP contribution in [0.25, 0.3) is 0 Å². The fourth-order valence-electron chi connectivity index (χ4n) is 1.72. The molecule has 0 saturated heterocycles. The maximum Gasteiger partial charge on any atom is 0.303 e. The molecule has 20 heavy (non-hydrogen) atoms. The van der Waals surface area contributed by atoms with E-state index in [-0.39, 0.29) is 12.2 Å². The summed E-state index contributed by atoms with van der Waals surface area (Å²) in [5, 5.41) is 8.55. The smallest absolute Gasteiger partial charge is 0.303 e. The third-order valence-corrected chi connectivity index (χ3v) is 3.10. The van der Waals surface area contributed by atoms with Gasteiger partial charge in [-0.15, -0.1) is 0 Å². The monoisotopic (exact) mass is 278 g/mol. The van der Waals surface area contributed by atoms with E-state index in [9.17, 15) is 9.59 Å². The number of aliphatic carboxylic acids is 1. The number of ketones is 1. The van der Waals surface area contributed by atoms with Crippen LogP contribution in [0.1, 0.15) is 59.3 Å². The summed E-state index contributed by atoms with van der Waals surface area (Å²) in [6.45, 7) is 9.44. The van der Waals surface area contributed by atoms with Gasteiger partial charge in [0.1, 0.15) is 0 Å². The standard InChI is InChI=1S/C17H26O3/c1-13(2)16(18)12-11-15(4)8-5-7-14(3)9-6-10-17(19)20/h8-9H,1,5-7,10-12H2,2-4H3,(H,19,20)/b14-9+,15-8+. The zero-order valence-corrected chi connectivity index (χ0v) is 12.9. The summed E-state index contributed by atoms with van der Waals surface area (Å²) in [5.41, 5.74) is 3.06. The first-order valence-corrected chi connectivity index (χ1v) is 7.04. The lowest BCUT2D eigenvalue weighted by Gasteiger charge is -2.02. The lowest BCUT2D eigenvalue weighted by atomic mass is 10.0. The van der Waals surface area contributed by atoms with E-state index in [4.69, 9.17) is 5.11 Å². The Bertz CT molecular complexity index is 414. The van der Waals surface area contributed by atoms with E-state index in [1.54, 1.807) is 6.92 Å². The summed E-state index contributed by atoms with van der Waals surface area (Å²) in [6, 6.07) is 0. The fraction of sp³-hybridized carbons (Fsp3) is 0.529. The molecule has 0 aliphatic rings. The molecular formula is C17H26O3. The first kappa shape index (κ1) is 18.4. The summed E-state index contributed by atoms with van der Waals surface area (Å²) in [4.78, 5) is 21.8. The number of carboxylic acids is 1. The van der Waals surface area contributed by atoms with Crippen molar-refractivity contribution in [3.05, 3.63) is 35.5 Å². The molecule has 3 heteroatoms. The predicted octanol–water partition coefficient (Wildman–Crippen LogP) is 4.45. The van der Waals surface area contributed by atoms with E-state index in [2.05, 4.69) is 12.7 Å². The number of carboxylic acid groups (broad SMARTS) is 1. The van der Waals surface area contributed by atoms with Crippen LogP contribution in [0.3, 0.4) is 0 Å². The third-order valence-electron chi connectivity index (χ3n) is 3.10. The minimum absolute atomic E-state index is 0.127. The number of hydrogen-bond donors (Lipinski definition) is 1. The Balaban J connectivity index is 3.95. The van der Waals surface area contributed by atoms with Crippen LogP contribution in [-0.4, -0.2) is 16.9 Å². The number of carbonyl (C=O) groups is 2. The second-order valence-corrected chi connectivity index (χ2v) is 5.28. The molecule has 0 bridgehead atoms. The van der Waals surface area contributed by atoms with Crippen LogP contribution in [-0.2, 0) is 9.59 Å². The largest absolute Gasteiger partial charge is 0.481 e. The van der Waals surface area contributed by atoms with Gasteiger partial charge in [0.25, 0.3) is 0 Å². The van der Waals surface area contributed by atoms with Crippen molar-refractivity contribution in [2.45, 2.75) is 59.3 Å². The fourth-order valence-corrected chi connectivity index (χ4v) is 1.72. The van der Waals surface area contributed by atoms with E-state index < -0.39 is 5.97 Å². The maximum absolute atomic E-state index is 11.4. The topological polar surface area (TPSA) is 54.4 Å². The zero-order chi connectivity index (χ0) is 15.5. The summed E-state index contributed by atoms with van der Waals surface area (Å²) in [5.74, 6) is -0.630. The molecule has 0 rings (SSSR count). The molecule has 0 aliphatic carbocycles. The van der Waals surface area contributed by atoms with Gasteiger partial charge in [0.15, 0.2) is 5.78 Å². The van der Waals surface area contributed by atoms with Crippen molar-refractivity contribution in [2.75, 3.05) is 0 Å². The van der Waals surface area contributed by atoms with Gasteiger partial charge in [-0.2, -0.15) is 0 Å². The molecule has 0 aromatic heterocycles. The molecule has 0 aliphatic heterocycles. The van der Waals surface area contributed by atoms with E-state index >= 15 is 0 Å². The lowest BCUT2D eigenvalue weighted by Crippen LogP contribution is -1.98. The van der Waals surface area contributed by atoms with Crippen LogP contribution in [0.2, 0.25) is 0 Å². The van der Waals surface area contributed by atoms with Gasteiger partial charge in [-0.05, 0) is 52.0 Å². The van der Waals surface area contributed by atoms with E-state index in [1.807, 2.05) is 19.9 Å². The van der Waals surface area contributed by atoms with Gasteiger partial charge in [-0.3, -0.25) is 9.59 Å². The van der Waals surface area contributed by atoms with Gasteiger partial charge in [0, 0.05) is 12.8 Å². The van der Waals surface area contributed by atoms with Crippen LogP contribution in [0.15, 0.2) is 35.5 Å². The predicted molar refractivity (Wildman–Crippen MR) is 82.7 cm³/mol. The quantitative estimate of drug-likeness (QED) is 0.474. The molecule has 0 unspecified atom stereocenters. The number of Topliss-reactive ketones (excluding diaryl/α,β-unsaturated/α-hetero) is 1. The summed E-state index contributed by atoms with van der Waals surface area (Å²) >= 11 is 0. The average Bonchev–Trinajstić information content (AvgIpc) is 2.35. The van der Waals surface area contributed by atoms with Crippen molar-refractivity contribution in [3.63, 3.8) is 0 Å². The summed E-state index contributed by atoms with van der Waals surface area (Å²) < 4.78 is 0. The van der Waals surface area contributed by atoms with E-state index in [0.717, 1.165) is 19.3 Å². The van der Waals surface area contributed by atoms with Crippen LogP contribution < -0.4 is 0 Å². The lowest BCUT2D eigenvalue weighted by molar-refractivity contribution is -0.136. The Labute approximate surface area is 122 Å². The molecule has 0 fully saturated rings. The van der Waals surface area contributed by atoms with Gasteiger partial charge in [-0.25, -0.2) is 0 Å². The van der Waals surface area contributed by atoms with Crippen molar-refractivity contribution >= 4 is 11.8 Å². The molecule has 0 amide bonds. The molecule has 1 N–H and O–H groups in total. The molecule has 0 aromatic rings. The van der Waals surface area contributed by atoms with Gasteiger partial charge in [0.2, 0.25) is 0 Å². The summed E-state index contributed by atoms with van der Waals surface area (Å²) in [7, 11) is 0. The van der Waals surface area contributed by atoms with Gasteiger partial charge < -0.3 is 5.11 Å². The molecule has 0 spiro atoms. The minimum Gasteiger partial charge on any atom is -0.481 e. The molecule has 112 valence electrons. The number of hydrogen-bond acceptors (Lipinski definition) is 2. The van der Waals surface area contributed by atoms with Crippen molar-refractivity contribution in [2.24, 2.45) is 0 Å². The van der Waals surface area contributed by atoms with Gasteiger partial charge in [-0.1, -0.05) is 29.9 Å². The Morgan fingerprint density at radius 1 is 0.900 bits per heavy atom. The number of carbonyl (C=O) groups excluding carboxylic acids is 1. The molecule has 0 aromatic carbocycles. The highest BCUT2D eigenvalue weighted by Gasteiger charge is 2.02. The molecule has 0 atom stereocenters. The van der Waals surface area contributed by atoms with Crippen LogP contribution in [0.5, 0.6) is 0 Å². The molecule has 0 heterocycles. The second-order valence-electron chi connectivity index (χ2n) is 5.28. The highest BCUT2D eigenvalue weighted by atomic mass is 16.4. The SMILES string of the molecule is C=C(C)C(=O)CC/C(C)=C/CC/C(C)=C/CCC(=O)O. The summed E-state index contributed by atoms with van der Waals surface area (Å²) in [6.07, 6.45) is 8.11. The highest BCUT2D eigenvalue weighted by Crippen LogP contribution is 2.12. The maximum atomic E-state index is 11.4. The van der Waals surface area contributed by atoms with Gasteiger partial charge >= 0.3 is 5.97 Å². The Morgan fingerprint density at radius 2 is 1.40 bits per heavy atom. The Kier molecular flexibility index (Phi) is 9.35. The number of rotatable bonds is 10. The van der Waals surface area contributed by atoms with Crippen molar-refractivity contribution in [1.29, 1.82) is 0 Å². The first-order chi connectivity index (χ1) is 9.32. The highest BCUT2D eigenvalue weighted by molar-refractivity contribution is 5.94. The average molecular weight is 278 g/mol. The second kappa shape index (κ2) is 10.2. The zero-order valence-electron chi connectivity index (χ0n) is 12.9. The molecule has 0 radical (unpaired) electrons. The first-order valence-electron chi connectivity index (χ1n) is 7.04. The Morgan fingerprint density at radius 3 is 1.90 bits per heavy atom.